The fourth-order valence-corrected chi connectivity index (χ4v) is 6.15. The van der Waals surface area contributed by atoms with Gasteiger partial charge < -0.3 is 14.8 Å². The maximum atomic E-state index is 9.66. The summed E-state index contributed by atoms with van der Waals surface area (Å²) in [6.45, 7) is 8.66. The molecular weight excluding hydrogens is 608 g/mol. The van der Waals surface area contributed by atoms with Crippen molar-refractivity contribution in [2.75, 3.05) is 0 Å². The zero-order valence-corrected chi connectivity index (χ0v) is 27.9. The second-order valence-corrected chi connectivity index (χ2v) is 12.1. The first-order valence-electron chi connectivity index (χ1n) is 16.2. The minimum Gasteiger partial charge on any atom is -0.471 e. The number of aryl methyl sites for hydroxylation is 4. The van der Waals surface area contributed by atoms with E-state index in [4.69, 9.17) is 14.7 Å². The maximum Gasteiger partial charge on any atom is 0.243 e. The molecular formula is C41H36N6O2. The first-order chi connectivity index (χ1) is 23.9. The largest absolute Gasteiger partial charge is 0.471 e. The number of ether oxygens (including phenoxy) is 1. The van der Waals surface area contributed by atoms with Gasteiger partial charge in [-0.1, -0.05) is 84.9 Å². The molecule has 4 heterocycles. The quantitative estimate of drug-likeness (QED) is 0.186. The Kier molecular flexibility index (Phi) is 8.79. The number of nitrogens with zero attached hydrogens (tertiary/aromatic N) is 5. The first-order valence-corrected chi connectivity index (χ1v) is 16.2. The Morgan fingerprint density at radius 3 is 1.76 bits per heavy atom. The number of aliphatic hydroxyl groups excluding tert-OH is 1. The van der Waals surface area contributed by atoms with Crippen molar-refractivity contribution in [1.82, 2.24) is 29.9 Å². The van der Waals surface area contributed by atoms with Crippen LogP contribution in [0.15, 0.2) is 110 Å². The Bertz CT molecular complexity index is 2450. The van der Waals surface area contributed by atoms with E-state index in [0.717, 1.165) is 66.6 Å². The highest BCUT2D eigenvalue weighted by Gasteiger charge is 2.15. The van der Waals surface area contributed by atoms with Gasteiger partial charge in [0, 0.05) is 33.0 Å². The molecule has 0 saturated carbocycles. The monoisotopic (exact) mass is 644 g/mol. The average molecular weight is 645 g/mol. The number of rotatable bonds is 6. The lowest BCUT2D eigenvalue weighted by atomic mass is 9.99. The van der Waals surface area contributed by atoms with E-state index in [2.05, 4.69) is 102 Å². The van der Waals surface area contributed by atoms with Crippen molar-refractivity contribution in [3.05, 3.63) is 143 Å². The average Bonchev–Trinajstić information content (AvgIpc) is 3.61. The smallest absolute Gasteiger partial charge is 0.243 e. The second-order valence-electron chi connectivity index (χ2n) is 12.1. The van der Waals surface area contributed by atoms with Crippen molar-refractivity contribution in [1.29, 1.82) is 0 Å². The van der Waals surface area contributed by atoms with Gasteiger partial charge in [0.2, 0.25) is 5.88 Å². The highest BCUT2D eigenvalue weighted by atomic mass is 16.5. The molecule has 0 amide bonds. The molecule has 0 fully saturated rings. The predicted octanol–water partition coefficient (Wildman–Crippen LogP) is 8.77. The summed E-state index contributed by atoms with van der Waals surface area (Å²) in [6, 6.07) is 33.0. The van der Waals surface area contributed by atoms with Gasteiger partial charge in [-0.25, -0.2) is 19.9 Å². The van der Waals surface area contributed by atoms with Gasteiger partial charge in [0.15, 0.2) is 5.65 Å². The Morgan fingerprint density at radius 2 is 1.16 bits per heavy atom. The molecule has 0 atom stereocenters. The summed E-state index contributed by atoms with van der Waals surface area (Å²) in [5.41, 5.74) is 13.8. The lowest BCUT2D eigenvalue weighted by Crippen LogP contribution is -2.03. The Hall–Kier alpha value is -5.99. The number of para-hydroxylation sites is 2. The zero-order valence-electron chi connectivity index (χ0n) is 27.9. The molecule has 0 spiro atoms. The number of aromatic amines is 1. The molecule has 0 aliphatic heterocycles. The molecule has 0 radical (unpaired) electrons. The standard InChI is InChI=1S/C23H19N5O.C18H17NO/c1-14-6-3-4-9-18(14)20-17(10-16-8-5-7-15(2)19(16)28-20)11-29-23-21-22(25-12-24-21)26-13-27-23;1-12-6-3-4-9-16(12)18-15(11-20)10-14-8-5-7-13(2)17(14)19-18/h3-10,12-13H,11H2,1-2H3,(H,24,25,26,27);3-10,20H,11H2,1-2H3. The van der Waals surface area contributed by atoms with Crippen molar-refractivity contribution < 1.29 is 9.84 Å². The molecule has 8 heteroatoms. The molecule has 0 saturated heterocycles. The Morgan fingerprint density at radius 1 is 0.612 bits per heavy atom. The number of aliphatic hydroxyl groups is 1. The van der Waals surface area contributed by atoms with Crippen LogP contribution < -0.4 is 4.74 Å². The molecule has 49 heavy (non-hydrogen) atoms. The minimum atomic E-state index is 0.000545. The zero-order chi connectivity index (χ0) is 33.9. The summed E-state index contributed by atoms with van der Waals surface area (Å²) in [5.74, 6) is 0.479. The van der Waals surface area contributed by atoms with E-state index < -0.39 is 0 Å². The molecule has 0 aliphatic carbocycles. The fraction of sp³-hybridized carbons (Fsp3) is 0.146. The number of aromatic nitrogens is 6. The van der Waals surface area contributed by atoms with Gasteiger partial charge in [0.05, 0.1) is 35.4 Å². The van der Waals surface area contributed by atoms with Crippen LogP contribution >= 0.6 is 0 Å². The van der Waals surface area contributed by atoms with Crippen LogP contribution in [0.1, 0.15) is 33.4 Å². The van der Waals surface area contributed by atoms with Gasteiger partial charge in [-0.3, -0.25) is 0 Å². The van der Waals surface area contributed by atoms with Gasteiger partial charge in [-0.15, -0.1) is 0 Å². The highest BCUT2D eigenvalue weighted by molar-refractivity contribution is 5.87. The van der Waals surface area contributed by atoms with Crippen LogP contribution in [-0.2, 0) is 13.2 Å². The lowest BCUT2D eigenvalue weighted by molar-refractivity contribution is 0.282. The molecule has 242 valence electrons. The lowest BCUT2D eigenvalue weighted by Gasteiger charge is -2.14. The van der Waals surface area contributed by atoms with Crippen LogP contribution in [0.25, 0.3) is 55.5 Å². The third kappa shape index (κ3) is 6.34. The van der Waals surface area contributed by atoms with Gasteiger partial charge in [-0.2, -0.15) is 4.98 Å². The van der Waals surface area contributed by atoms with E-state index in [1.54, 1.807) is 6.33 Å². The molecule has 4 aromatic carbocycles. The normalized spacial score (nSPS) is 11.1. The van der Waals surface area contributed by atoms with E-state index in [-0.39, 0.29) is 6.61 Å². The summed E-state index contributed by atoms with van der Waals surface area (Å²) in [6.07, 6.45) is 3.05. The van der Waals surface area contributed by atoms with Crippen LogP contribution in [0.3, 0.4) is 0 Å². The summed E-state index contributed by atoms with van der Waals surface area (Å²) < 4.78 is 6.08. The van der Waals surface area contributed by atoms with E-state index in [1.807, 2.05) is 42.5 Å². The van der Waals surface area contributed by atoms with Crippen molar-refractivity contribution in [2.24, 2.45) is 0 Å². The number of pyridine rings is 2. The molecule has 4 aromatic heterocycles. The summed E-state index contributed by atoms with van der Waals surface area (Å²) in [5, 5.41) is 11.8. The predicted molar refractivity (Wildman–Crippen MR) is 195 cm³/mol. The maximum absolute atomic E-state index is 9.66. The Labute approximate surface area is 284 Å². The second kappa shape index (κ2) is 13.6. The summed E-state index contributed by atoms with van der Waals surface area (Å²) in [4.78, 5) is 25.5. The van der Waals surface area contributed by atoms with Crippen LogP contribution in [0.4, 0.5) is 0 Å². The number of H-pyrrole nitrogens is 1. The SMILES string of the molecule is Cc1ccccc1-c1nc2c(C)cccc2cc1CO.Cc1ccccc1-c1nc2c(C)cccc2cc1COc1ncnc2nc[nH]c12. The molecule has 2 N–H and O–H groups in total. The molecule has 0 bridgehead atoms. The number of hydrogen-bond donors (Lipinski definition) is 2. The molecule has 8 aromatic rings. The topological polar surface area (TPSA) is 110 Å². The van der Waals surface area contributed by atoms with Crippen LogP contribution in [0.2, 0.25) is 0 Å². The Balaban J connectivity index is 0.000000166. The van der Waals surface area contributed by atoms with Crippen LogP contribution in [0, 0.1) is 27.7 Å². The van der Waals surface area contributed by atoms with Crippen LogP contribution in [-0.4, -0.2) is 35.0 Å². The van der Waals surface area contributed by atoms with Crippen molar-refractivity contribution in [3.63, 3.8) is 0 Å². The first kappa shape index (κ1) is 31.6. The molecule has 0 unspecified atom stereocenters. The third-order valence-corrected chi connectivity index (χ3v) is 8.78. The molecule has 0 aliphatic rings. The van der Waals surface area contributed by atoms with E-state index >= 15 is 0 Å². The highest BCUT2D eigenvalue weighted by Crippen LogP contribution is 2.31. The van der Waals surface area contributed by atoms with E-state index in [1.165, 1.54) is 17.5 Å². The van der Waals surface area contributed by atoms with Gasteiger partial charge >= 0.3 is 0 Å². The number of fused-ring (bicyclic) bond motifs is 3. The number of imidazole rings is 1. The van der Waals surface area contributed by atoms with Crippen molar-refractivity contribution in [3.8, 4) is 28.4 Å². The van der Waals surface area contributed by atoms with Crippen molar-refractivity contribution in [2.45, 2.75) is 40.9 Å². The number of nitrogens with one attached hydrogen (secondary N) is 1. The summed E-state index contributed by atoms with van der Waals surface area (Å²) in [7, 11) is 0. The van der Waals surface area contributed by atoms with Gasteiger partial charge in [-0.05, 0) is 62.1 Å². The van der Waals surface area contributed by atoms with E-state index in [0.29, 0.717) is 23.7 Å². The number of hydrogen-bond acceptors (Lipinski definition) is 7. The van der Waals surface area contributed by atoms with Gasteiger partial charge in [0.1, 0.15) is 18.5 Å². The fourth-order valence-electron chi connectivity index (χ4n) is 6.15. The molecule has 8 rings (SSSR count). The van der Waals surface area contributed by atoms with Crippen molar-refractivity contribution >= 4 is 33.0 Å². The number of benzene rings is 4. The van der Waals surface area contributed by atoms with Gasteiger partial charge in [0.25, 0.3) is 0 Å². The van der Waals surface area contributed by atoms with Crippen LogP contribution in [0.5, 0.6) is 5.88 Å². The third-order valence-electron chi connectivity index (χ3n) is 8.78. The molecule has 8 nitrogen and oxygen atoms in total. The van der Waals surface area contributed by atoms with E-state index in [9.17, 15) is 5.11 Å². The summed E-state index contributed by atoms with van der Waals surface area (Å²) >= 11 is 0. The minimum absolute atomic E-state index is 0.000545.